The third-order valence-electron chi connectivity index (χ3n) is 6.30. The predicted molar refractivity (Wildman–Crippen MR) is 125 cm³/mol. The summed E-state index contributed by atoms with van der Waals surface area (Å²) in [5.41, 5.74) is 2.88. The Kier molecular flexibility index (Phi) is 6.87. The first-order valence-electron chi connectivity index (χ1n) is 11.4. The Hall–Kier alpha value is -3.48. The number of rotatable bonds is 6. The predicted octanol–water partition coefficient (Wildman–Crippen LogP) is 3.87. The molecular weight excluding hydrogens is 419 g/mol. The topological polar surface area (TPSA) is 58.4 Å². The second kappa shape index (κ2) is 9.98. The monoisotopic (exact) mass is 448 g/mol. The van der Waals surface area contributed by atoms with Crippen molar-refractivity contribution in [2.45, 2.75) is 26.8 Å². The van der Waals surface area contributed by atoms with Gasteiger partial charge in [-0.25, -0.2) is 9.37 Å². The molecule has 172 valence electrons. The lowest BCUT2D eigenvalue weighted by atomic mass is 9.95. The molecule has 1 aliphatic heterocycles. The van der Waals surface area contributed by atoms with Gasteiger partial charge < -0.3 is 14.4 Å². The number of imidazole rings is 1. The molecule has 0 spiro atoms. The molecule has 0 radical (unpaired) electrons. The number of carbonyl (C=O) groups is 2. The van der Waals surface area contributed by atoms with Gasteiger partial charge in [0.1, 0.15) is 11.5 Å². The maximum Gasteiger partial charge on any atom is 0.272 e. The highest BCUT2D eigenvalue weighted by molar-refractivity contribution is 5.93. The van der Waals surface area contributed by atoms with E-state index in [1.54, 1.807) is 29.6 Å². The number of aromatic nitrogens is 2. The van der Waals surface area contributed by atoms with E-state index in [2.05, 4.69) is 4.98 Å². The highest BCUT2D eigenvalue weighted by atomic mass is 19.1. The third-order valence-corrected chi connectivity index (χ3v) is 6.30. The Morgan fingerprint density at radius 3 is 2.52 bits per heavy atom. The summed E-state index contributed by atoms with van der Waals surface area (Å²) < 4.78 is 15.9. The van der Waals surface area contributed by atoms with Gasteiger partial charge in [0.15, 0.2) is 0 Å². The summed E-state index contributed by atoms with van der Waals surface area (Å²) in [5.74, 6) is -0.632. The minimum absolute atomic E-state index is 0.0648. The number of aryl methyl sites for hydroxylation is 1. The quantitative estimate of drug-likeness (QED) is 0.575. The summed E-state index contributed by atoms with van der Waals surface area (Å²) in [7, 11) is 0. The number of hydrogen-bond donors (Lipinski definition) is 0. The van der Waals surface area contributed by atoms with Crippen LogP contribution in [0, 0.1) is 11.7 Å². The van der Waals surface area contributed by atoms with Crippen molar-refractivity contribution in [2.24, 2.45) is 5.92 Å². The second-order valence-electron chi connectivity index (χ2n) is 8.31. The first kappa shape index (κ1) is 22.7. The number of amides is 2. The van der Waals surface area contributed by atoms with Crippen molar-refractivity contribution < 1.29 is 14.0 Å². The Morgan fingerprint density at radius 1 is 1.06 bits per heavy atom. The van der Waals surface area contributed by atoms with Crippen LogP contribution in [-0.4, -0.2) is 57.3 Å². The largest absolute Gasteiger partial charge is 0.341 e. The summed E-state index contributed by atoms with van der Waals surface area (Å²) in [6, 6.07) is 14.3. The molecule has 6 nitrogen and oxygen atoms in total. The molecule has 1 aliphatic rings. The summed E-state index contributed by atoms with van der Waals surface area (Å²) in [4.78, 5) is 34.1. The maximum atomic E-state index is 14.1. The van der Waals surface area contributed by atoms with Gasteiger partial charge in [-0.3, -0.25) is 9.59 Å². The van der Waals surface area contributed by atoms with Crippen LogP contribution in [0.5, 0.6) is 0 Å². The van der Waals surface area contributed by atoms with Crippen molar-refractivity contribution in [3.05, 3.63) is 78.1 Å². The van der Waals surface area contributed by atoms with E-state index >= 15 is 0 Å². The summed E-state index contributed by atoms with van der Waals surface area (Å²) in [5, 5.41) is 0. The number of likely N-dealkylation sites (N-methyl/N-ethyl adjacent to an activating group) is 1. The van der Waals surface area contributed by atoms with Crippen LogP contribution in [0.4, 0.5) is 4.39 Å². The first-order valence-corrected chi connectivity index (χ1v) is 11.4. The van der Waals surface area contributed by atoms with Gasteiger partial charge in [-0.05, 0) is 37.5 Å². The van der Waals surface area contributed by atoms with Gasteiger partial charge in [-0.15, -0.1) is 0 Å². The zero-order valence-corrected chi connectivity index (χ0v) is 19.1. The number of carbonyl (C=O) groups excluding carboxylic acids is 2. The van der Waals surface area contributed by atoms with Crippen LogP contribution in [-0.2, 0) is 17.8 Å². The number of hydrogen-bond acceptors (Lipinski definition) is 3. The fourth-order valence-electron chi connectivity index (χ4n) is 4.41. The van der Waals surface area contributed by atoms with Gasteiger partial charge in [0, 0.05) is 38.3 Å². The minimum atomic E-state index is -0.339. The van der Waals surface area contributed by atoms with E-state index < -0.39 is 0 Å². The molecule has 1 saturated heterocycles. The number of nitrogens with zero attached hydrogens (tertiary/aromatic N) is 4. The van der Waals surface area contributed by atoms with Crippen molar-refractivity contribution in [3.8, 4) is 11.1 Å². The van der Waals surface area contributed by atoms with Gasteiger partial charge >= 0.3 is 0 Å². The van der Waals surface area contributed by atoms with E-state index in [0.29, 0.717) is 50.4 Å². The van der Waals surface area contributed by atoms with Gasteiger partial charge in [0.25, 0.3) is 5.91 Å². The molecular formula is C26H29FN4O2. The Bertz CT molecular complexity index is 1130. The average Bonchev–Trinajstić information content (AvgIpc) is 3.26. The normalized spacial score (nSPS) is 16.7. The highest BCUT2D eigenvalue weighted by Gasteiger charge is 2.32. The molecule has 0 N–H and O–H groups in total. The van der Waals surface area contributed by atoms with Gasteiger partial charge in [0.05, 0.1) is 18.4 Å². The van der Waals surface area contributed by atoms with E-state index in [0.717, 1.165) is 11.1 Å². The molecule has 4 rings (SSSR count). The fraction of sp³-hybridized carbons (Fsp3) is 0.346. The SMILES string of the molecule is CCN1CCN(C(=O)c2cncn2CC)CC(Cc2ccc(-c3ccccc3F)cc2)C1=O. The van der Waals surface area contributed by atoms with Crippen molar-refractivity contribution >= 4 is 11.8 Å². The molecule has 1 atom stereocenters. The second-order valence-corrected chi connectivity index (χ2v) is 8.31. The maximum absolute atomic E-state index is 14.1. The molecule has 2 aromatic carbocycles. The van der Waals surface area contributed by atoms with E-state index in [4.69, 9.17) is 0 Å². The van der Waals surface area contributed by atoms with Crippen molar-refractivity contribution in [3.63, 3.8) is 0 Å². The van der Waals surface area contributed by atoms with E-state index in [-0.39, 0.29) is 23.5 Å². The Balaban J connectivity index is 1.55. The van der Waals surface area contributed by atoms with Crippen molar-refractivity contribution in [2.75, 3.05) is 26.2 Å². The Labute approximate surface area is 193 Å². The molecule has 3 aromatic rings. The summed E-state index contributed by atoms with van der Waals surface area (Å²) in [6.45, 7) is 6.57. The molecule has 2 heterocycles. The van der Waals surface area contributed by atoms with Gasteiger partial charge in [0.2, 0.25) is 5.91 Å². The van der Waals surface area contributed by atoms with E-state index in [1.165, 1.54) is 6.07 Å². The van der Waals surface area contributed by atoms with Crippen LogP contribution >= 0.6 is 0 Å². The molecule has 0 saturated carbocycles. The van der Waals surface area contributed by atoms with Crippen molar-refractivity contribution in [1.82, 2.24) is 19.4 Å². The molecule has 0 aliphatic carbocycles. The van der Waals surface area contributed by atoms with Crippen LogP contribution < -0.4 is 0 Å². The zero-order chi connectivity index (χ0) is 23.4. The smallest absolute Gasteiger partial charge is 0.272 e. The van der Waals surface area contributed by atoms with Crippen molar-refractivity contribution in [1.29, 1.82) is 0 Å². The third kappa shape index (κ3) is 4.82. The number of halogens is 1. The molecule has 33 heavy (non-hydrogen) atoms. The molecule has 1 fully saturated rings. The average molecular weight is 449 g/mol. The molecule has 0 bridgehead atoms. The van der Waals surface area contributed by atoms with Gasteiger partial charge in [-0.1, -0.05) is 42.5 Å². The Morgan fingerprint density at radius 2 is 1.82 bits per heavy atom. The van der Waals surface area contributed by atoms with Gasteiger partial charge in [-0.2, -0.15) is 0 Å². The van der Waals surface area contributed by atoms with Crippen LogP contribution in [0.25, 0.3) is 11.1 Å². The number of benzene rings is 2. The molecule has 7 heteroatoms. The first-order chi connectivity index (χ1) is 16.0. The minimum Gasteiger partial charge on any atom is -0.341 e. The molecule has 1 unspecified atom stereocenters. The summed E-state index contributed by atoms with van der Waals surface area (Å²) in [6.07, 6.45) is 3.76. The van der Waals surface area contributed by atoms with Crippen LogP contribution in [0.2, 0.25) is 0 Å². The lowest BCUT2D eigenvalue weighted by Crippen LogP contribution is -2.38. The summed E-state index contributed by atoms with van der Waals surface area (Å²) >= 11 is 0. The van der Waals surface area contributed by atoms with E-state index in [9.17, 15) is 14.0 Å². The van der Waals surface area contributed by atoms with E-state index in [1.807, 2.05) is 53.6 Å². The lowest BCUT2D eigenvalue weighted by molar-refractivity contribution is -0.134. The van der Waals surface area contributed by atoms with Crippen LogP contribution in [0.3, 0.4) is 0 Å². The molecule has 1 aromatic heterocycles. The van der Waals surface area contributed by atoms with Crippen LogP contribution in [0.1, 0.15) is 29.9 Å². The van der Waals surface area contributed by atoms with Crippen LogP contribution in [0.15, 0.2) is 61.1 Å². The highest BCUT2D eigenvalue weighted by Crippen LogP contribution is 2.25. The molecule has 2 amide bonds. The fourth-order valence-corrected chi connectivity index (χ4v) is 4.41. The lowest BCUT2D eigenvalue weighted by Gasteiger charge is -2.24. The zero-order valence-electron chi connectivity index (χ0n) is 19.1. The standard InChI is InChI=1S/C26H29FN4O2/c1-3-29-13-14-31(26(33)24-16-28-18-30(24)4-2)17-21(25(29)32)15-19-9-11-20(12-10-19)22-7-5-6-8-23(22)27/h5-12,16,18,21H,3-4,13-15,17H2,1-2H3.